The largest absolute Gasteiger partial charge is 0.389 e. The van der Waals surface area contributed by atoms with Gasteiger partial charge in [-0.05, 0) is 40.5 Å². The summed E-state index contributed by atoms with van der Waals surface area (Å²) in [5.74, 6) is 0.279. The fourth-order valence-corrected chi connectivity index (χ4v) is 1.87. The average molecular weight is 244 g/mol. The van der Waals surface area contributed by atoms with Crippen molar-refractivity contribution >= 4 is 0 Å². The van der Waals surface area contributed by atoms with Crippen molar-refractivity contribution in [2.45, 2.75) is 66.2 Å². The number of hydrogen-bond donors (Lipinski definition) is 2. The molecule has 104 valence electrons. The van der Waals surface area contributed by atoms with E-state index in [1.807, 2.05) is 6.92 Å². The van der Waals surface area contributed by atoms with Crippen LogP contribution in [0, 0.1) is 5.92 Å². The molecule has 0 aliphatic rings. The van der Waals surface area contributed by atoms with Crippen LogP contribution in [0.4, 0.5) is 0 Å². The first-order valence-electron chi connectivity index (χ1n) is 6.87. The van der Waals surface area contributed by atoms with Crippen molar-refractivity contribution in [3.05, 3.63) is 0 Å². The number of nitrogens with zero attached hydrogens (tertiary/aromatic N) is 1. The van der Waals surface area contributed by atoms with E-state index in [0.717, 1.165) is 13.1 Å². The first-order chi connectivity index (χ1) is 7.68. The van der Waals surface area contributed by atoms with E-state index in [9.17, 15) is 5.11 Å². The van der Waals surface area contributed by atoms with Crippen molar-refractivity contribution in [3.8, 4) is 0 Å². The van der Waals surface area contributed by atoms with Gasteiger partial charge in [0, 0.05) is 31.7 Å². The molecule has 1 unspecified atom stereocenters. The zero-order valence-corrected chi connectivity index (χ0v) is 12.7. The van der Waals surface area contributed by atoms with Crippen LogP contribution in [0.5, 0.6) is 0 Å². The highest BCUT2D eigenvalue weighted by atomic mass is 16.3. The molecule has 0 saturated heterocycles. The molecule has 0 aromatic rings. The predicted octanol–water partition coefficient (Wildman–Crippen LogP) is 2.10. The van der Waals surface area contributed by atoms with Gasteiger partial charge in [0.05, 0.1) is 5.60 Å². The van der Waals surface area contributed by atoms with E-state index in [4.69, 9.17) is 0 Å². The van der Waals surface area contributed by atoms with Crippen molar-refractivity contribution in [2.75, 3.05) is 19.6 Å². The molecule has 2 N–H and O–H groups in total. The van der Waals surface area contributed by atoms with Gasteiger partial charge in [0.1, 0.15) is 0 Å². The summed E-state index contributed by atoms with van der Waals surface area (Å²) in [6.45, 7) is 17.5. The van der Waals surface area contributed by atoms with Gasteiger partial charge in [0.2, 0.25) is 0 Å². The van der Waals surface area contributed by atoms with Crippen LogP contribution in [-0.2, 0) is 0 Å². The van der Waals surface area contributed by atoms with E-state index in [-0.39, 0.29) is 5.92 Å². The van der Waals surface area contributed by atoms with Crippen LogP contribution in [0.15, 0.2) is 0 Å². The summed E-state index contributed by atoms with van der Waals surface area (Å²) in [4.78, 5) is 2.46. The Morgan fingerprint density at radius 3 is 1.88 bits per heavy atom. The summed E-state index contributed by atoms with van der Waals surface area (Å²) < 4.78 is 0. The SMILES string of the molecule is CC(C)N(CCNCC(C)(O)C(C)C)C(C)C. The van der Waals surface area contributed by atoms with Gasteiger partial charge < -0.3 is 10.4 Å². The number of nitrogens with one attached hydrogen (secondary N) is 1. The molecule has 0 amide bonds. The highest BCUT2D eigenvalue weighted by molar-refractivity contribution is 4.79. The second-order valence-corrected chi connectivity index (χ2v) is 6.11. The van der Waals surface area contributed by atoms with Crippen molar-refractivity contribution in [1.29, 1.82) is 0 Å². The Hall–Kier alpha value is -0.120. The minimum atomic E-state index is -0.611. The van der Waals surface area contributed by atoms with E-state index in [1.54, 1.807) is 0 Å². The van der Waals surface area contributed by atoms with E-state index in [2.05, 4.69) is 51.8 Å². The van der Waals surface area contributed by atoms with Gasteiger partial charge in [0.25, 0.3) is 0 Å². The summed E-state index contributed by atoms with van der Waals surface area (Å²) in [7, 11) is 0. The van der Waals surface area contributed by atoms with Crippen LogP contribution >= 0.6 is 0 Å². The Kier molecular flexibility index (Phi) is 7.29. The van der Waals surface area contributed by atoms with Gasteiger partial charge in [-0.1, -0.05) is 13.8 Å². The van der Waals surface area contributed by atoms with Crippen molar-refractivity contribution in [1.82, 2.24) is 10.2 Å². The molecule has 0 bridgehead atoms. The van der Waals surface area contributed by atoms with E-state index in [1.165, 1.54) is 0 Å². The number of aliphatic hydroxyl groups is 1. The maximum atomic E-state index is 10.1. The molecule has 0 aromatic carbocycles. The minimum absolute atomic E-state index is 0.279. The van der Waals surface area contributed by atoms with Crippen LogP contribution in [0.1, 0.15) is 48.5 Å². The molecule has 0 aliphatic carbocycles. The molecular formula is C14H32N2O. The first-order valence-corrected chi connectivity index (χ1v) is 6.87. The monoisotopic (exact) mass is 244 g/mol. The summed E-state index contributed by atoms with van der Waals surface area (Å²) >= 11 is 0. The zero-order chi connectivity index (χ0) is 13.6. The van der Waals surface area contributed by atoms with Gasteiger partial charge in [-0.3, -0.25) is 4.90 Å². The lowest BCUT2D eigenvalue weighted by Crippen LogP contribution is -2.46. The van der Waals surface area contributed by atoms with Crippen molar-refractivity contribution < 1.29 is 5.11 Å². The highest BCUT2D eigenvalue weighted by Gasteiger charge is 2.24. The van der Waals surface area contributed by atoms with E-state index in [0.29, 0.717) is 18.6 Å². The molecule has 0 rings (SSSR count). The molecule has 0 aliphatic heterocycles. The predicted molar refractivity (Wildman–Crippen MR) is 75.3 cm³/mol. The molecule has 0 spiro atoms. The van der Waals surface area contributed by atoms with Gasteiger partial charge in [-0.25, -0.2) is 0 Å². The molecule has 0 fully saturated rings. The molecule has 1 atom stereocenters. The Morgan fingerprint density at radius 2 is 1.53 bits per heavy atom. The Morgan fingerprint density at radius 1 is 1.06 bits per heavy atom. The third-order valence-electron chi connectivity index (χ3n) is 3.60. The Balaban J connectivity index is 3.91. The fraction of sp³-hybridized carbons (Fsp3) is 1.00. The van der Waals surface area contributed by atoms with Gasteiger partial charge >= 0.3 is 0 Å². The second-order valence-electron chi connectivity index (χ2n) is 6.11. The molecule has 3 nitrogen and oxygen atoms in total. The molecule has 0 radical (unpaired) electrons. The smallest absolute Gasteiger partial charge is 0.0766 e. The van der Waals surface area contributed by atoms with E-state index < -0.39 is 5.60 Å². The minimum Gasteiger partial charge on any atom is -0.389 e. The molecule has 3 heteroatoms. The lowest BCUT2D eigenvalue weighted by molar-refractivity contribution is 0.0135. The summed E-state index contributed by atoms with van der Waals surface area (Å²) in [5, 5.41) is 13.5. The molecule has 0 saturated carbocycles. The average Bonchev–Trinajstić information content (AvgIpc) is 2.15. The number of hydrogen-bond acceptors (Lipinski definition) is 3. The number of rotatable bonds is 8. The van der Waals surface area contributed by atoms with Crippen LogP contribution in [0.3, 0.4) is 0 Å². The molecule has 0 heterocycles. The third-order valence-corrected chi connectivity index (χ3v) is 3.60. The zero-order valence-electron chi connectivity index (χ0n) is 12.7. The highest BCUT2D eigenvalue weighted by Crippen LogP contribution is 2.14. The quantitative estimate of drug-likeness (QED) is 0.642. The van der Waals surface area contributed by atoms with Gasteiger partial charge in [-0.2, -0.15) is 0 Å². The fourth-order valence-electron chi connectivity index (χ4n) is 1.87. The van der Waals surface area contributed by atoms with Crippen LogP contribution < -0.4 is 5.32 Å². The normalized spacial score (nSPS) is 16.2. The lowest BCUT2D eigenvalue weighted by atomic mass is 9.93. The topological polar surface area (TPSA) is 35.5 Å². The Labute approximate surface area is 108 Å². The molecule has 0 aromatic heterocycles. The standard InChI is InChI=1S/C14H32N2O/c1-11(2)14(7,17)10-15-8-9-16(12(3)4)13(5)6/h11-13,15,17H,8-10H2,1-7H3. The Bertz CT molecular complexity index is 192. The summed E-state index contributed by atoms with van der Waals surface area (Å²) in [6.07, 6.45) is 0. The summed E-state index contributed by atoms with van der Waals surface area (Å²) in [5.41, 5.74) is -0.611. The van der Waals surface area contributed by atoms with Gasteiger partial charge in [-0.15, -0.1) is 0 Å². The van der Waals surface area contributed by atoms with Crippen molar-refractivity contribution in [2.24, 2.45) is 5.92 Å². The maximum Gasteiger partial charge on any atom is 0.0766 e. The molecule has 17 heavy (non-hydrogen) atoms. The second kappa shape index (κ2) is 7.34. The molecular weight excluding hydrogens is 212 g/mol. The van der Waals surface area contributed by atoms with Crippen LogP contribution in [-0.4, -0.2) is 47.3 Å². The van der Waals surface area contributed by atoms with Gasteiger partial charge in [0.15, 0.2) is 0 Å². The third kappa shape index (κ3) is 6.39. The lowest BCUT2D eigenvalue weighted by Gasteiger charge is -2.32. The van der Waals surface area contributed by atoms with Crippen LogP contribution in [0.2, 0.25) is 0 Å². The van der Waals surface area contributed by atoms with E-state index >= 15 is 0 Å². The maximum absolute atomic E-state index is 10.1. The van der Waals surface area contributed by atoms with Crippen LogP contribution in [0.25, 0.3) is 0 Å². The van der Waals surface area contributed by atoms with Crippen molar-refractivity contribution in [3.63, 3.8) is 0 Å². The summed E-state index contributed by atoms with van der Waals surface area (Å²) in [6, 6.07) is 1.14. The first kappa shape index (κ1) is 16.9.